The summed E-state index contributed by atoms with van der Waals surface area (Å²) in [6.07, 6.45) is 5.26. The zero-order valence-corrected chi connectivity index (χ0v) is 12.0. The van der Waals surface area contributed by atoms with Crippen molar-refractivity contribution < 1.29 is 4.74 Å². The van der Waals surface area contributed by atoms with E-state index < -0.39 is 0 Å². The predicted octanol–water partition coefficient (Wildman–Crippen LogP) is 2.26. The predicted molar refractivity (Wildman–Crippen MR) is 73.4 cm³/mol. The molecule has 3 unspecified atom stereocenters. The van der Waals surface area contributed by atoms with Gasteiger partial charge >= 0.3 is 0 Å². The fraction of sp³-hybridized carbons (Fsp3) is 1.00. The van der Waals surface area contributed by atoms with E-state index in [0.717, 1.165) is 19.7 Å². The van der Waals surface area contributed by atoms with Crippen molar-refractivity contribution in [2.45, 2.75) is 64.6 Å². The molecule has 0 spiro atoms. The molecule has 3 heteroatoms. The molecule has 0 aliphatic heterocycles. The van der Waals surface area contributed by atoms with Gasteiger partial charge in [0.15, 0.2) is 0 Å². The molecule has 3 nitrogen and oxygen atoms in total. The quantitative estimate of drug-likeness (QED) is 0.706. The van der Waals surface area contributed by atoms with E-state index in [0.29, 0.717) is 18.1 Å². The van der Waals surface area contributed by atoms with Gasteiger partial charge in [0.2, 0.25) is 0 Å². The van der Waals surface area contributed by atoms with Crippen LogP contribution >= 0.6 is 0 Å². The van der Waals surface area contributed by atoms with Crippen LogP contribution in [0.1, 0.15) is 46.5 Å². The zero-order valence-electron chi connectivity index (χ0n) is 12.0. The average Bonchev–Trinajstić information content (AvgIpc) is 2.78. The molecule has 1 saturated carbocycles. The van der Waals surface area contributed by atoms with Gasteiger partial charge in [-0.2, -0.15) is 0 Å². The van der Waals surface area contributed by atoms with Crippen molar-refractivity contribution in [2.75, 3.05) is 26.8 Å². The third-order valence-corrected chi connectivity index (χ3v) is 4.08. The van der Waals surface area contributed by atoms with Crippen LogP contribution in [0.2, 0.25) is 0 Å². The average molecular weight is 242 g/mol. The normalized spacial score (nSPS) is 26.6. The molecule has 0 amide bonds. The van der Waals surface area contributed by atoms with Gasteiger partial charge in [0.05, 0.1) is 6.61 Å². The van der Waals surface area contributed by atoms with Gasteiger partial charge in [-0.15, -0.1) is 0 Å². The highest BCUT2D eigenvalue weighted by Crippen LogP contribution is 2.26. The molecule has 0 bridgehead atoms. The highest BCUT2D eigenvalue weighted by atomic mass is 16.5. The second kappa shape index (κ2) is 8.06. The zero-order chi connectivity index (χ0) is 12.7. The summed E-state index contributed by atoms with van der Waals surface area (Å²) in [7, 11) is 1.80. The van der Waals surface area contributed by atoms with Crippen LogP contribution in [0.4, 0.5) is 0 Å². The Bertz CT molecular complexity index is 199. The summed E-state index contributed by atoms with van der Waals surface area (Å²) in [6.45, 7) is 9.83. The molecule has 0 aromatic carbocycles. The summed E-state index contributed by atoms with van der Waals surface area (Å²) in [6, 6.07) is 2.06. The number of hydrogen-bond acceptors (Lipinski definition) is 3. The van der Waals surface area contributed by atoms with Gasteiger partial charge in [-0.05, 0) is 32.7 Å². The van der Waals surface area contributed by atoms with Crippen LogP contribution in [0.15, 0.2) is 0 Å². The SMILES string of the molecule is CCNC1CCCC1N(CCOC)C(C)CC. The van der Waals surface area contributed by atoms with Crippen LogP contribution in [0.5, 0.6) is 0 Å². The lowest BCUT2D eigenvalue weighted by Crippen LogP contribution is -2.51. The topological polar surface area (TPSA) is 24.5 Å². The van der Waals surface area contributed by atoms with Gasteiger partial charge in [-0.25, -0.2) is 0 Å². The minimum atomic E-state index is 0.661. The van der Waals surface area contributed by atoms with E-state index >= 15 is 0 Å². The summed E-state index contributed by atoms with van der Waals surface area (Å²) in [5, 5.41) is 3.65. The summed E-state index contributed by atoms with van der Waals surface area (Å²) >= 11 is 0. The first-order chi connectivity index (χ1) is 8.24. The third-order valence-electron chi connectivity index (χ3n) is 4.08. The van der Waals surface area contributed by atoms with E-state index in [-0.39, 0.29) is 0 Å². The maximum atomic E-state index is 5.26. The van der Waals surface area contributed by atoms with E-state index in [1.54, 1.807) is 7.11 Å². The first-order valence-corrected chi connectivity index (χ1v) is 7.22. The van der Waals surface area contributed by atoms with Crippen LogP contribution in [-0.4, -0.2) is 49.8 Å². The van der Waals surface area contributed by atoms with Gasteiger partial charge in [0, 0.05) is 31.8 Å². The number of hydrogen-bond donors (Lipinski definition) is 1. The number of rotatable bonds is 8. The Hall–Kier alpha value is -0.120. The van der Waals surface area contributed by atoms with E-state index in [1.165, 1.54) is 25.7 Å². The minimum absolute atomic E-state index is 0.661. The number of methoxy groups -OCH3 is 1. The van der Waals surface area contributed by atoms with Crippen LogP contribution < -0.4 is 5.32 Å². The van der Waals surface area contributed by atoms with Crippen LogP contribution in [0.3, 0.4) is 0 Å². The first kappa shape index (κ1) is 14.9. The van der Waals surface area contributed by atoms with Crippen LogP contribution in [-0.2, 0) is 4.74 Å². The number of ether oxygens (including phenoxy) is 1. The molecule has 0 aromatic heterocycles. The van der Waals surface area contributed by atoms with Crippen molar-refractivity contribution in [3.8, 4) is 0 Å². The van der Waals surface area contributed by atoms with E-state index in [1.807, 2.05) is 0 Å². The summed E-state index contributed by atoms with van der Waals surface area (Å²) in [5.41, 5.74) is 0. The smallest absolute Gasteiger partial charge is 0.0589 e. The molecule has 1 aliphatic rings. The molecule has 17 heavy (non-hydrogen) atoms. The van der Waals surface area contributed by atoms with Crippen LogP contribution in [0, 0.1) is 0 Å². The standard InChI is InChI=1S/C14H30N2O/c1-5-12(3)16(10-11-17-4)14-9-7-8-13(14)15-6-2/h12-15H,5-11H2,1-4H3. The molecule has 1 rings (SSSR count). The summed E-state index contributed by atoms with van der Waals surface area (Å²) in [4.78, 5) is 2.66. The third kappa shape index (κ3) is 4.23. The largest absolute Gasteiger partial charge is 0.383 e. The Morgan fingerprint density at radius 2 is 2.12 bits per heavy atom. The van der Waals surface area contributed by atoms with Crippen LogP contribution in [0.25, 0.3) is 0 Å². The Morgan fingerprint density at radius 3 is 2.71 bits per heavy atom. The van der Waals surface area contributed by atoms with Crippen molar-refractivity contribution in [1.82, 2.24) is 10.2 Å². The van der Waals surface area contributed by atoms with Crippen molar-refractivity contribution in [1.29, 1.82) is 0 Å². The van der Waals surface area contributed by atoms with Crippen molar-refractivity contribution in [3.63, 3.8) is 0 Å². The second-order valence-electron chi connectivity index (χ2n) is 5.15. The van der Waals surface area contributed by atoms with Gasteiger partial charge in [-0.3, -0.25) is 4.90 Å². The number of nitrogens with zero attached hydrogens (tertiary/aromatic N) is 1. The monoisotopic (exact) mass is 242 g/mol. The molecule has 1 N–H and O–H groups in total. The highest BCUT2D eigenvalue weighted by Gasteiger charge is 2.33. The fourth-order valence-electron chi connectivity index (χ4n) is 2.98. The molecule has 0 aromatic rings. The molecular formula is C14H30N2O. The van der Waals surface area contributed by atoms with E-state index in [2.05, 4.69) is 31.0 Å². The van der Waals surface area contributed by atoms with Gasteiger partial charge in [0.25, 0.3) is 0 Å². The summed E-state index contributed by atoms with van der Waals surface area (Å²) < 4.78 is 5.26. The van der Waals surface area contributed by atoms with Crippen molar-refractivity contribution in [2.24, 2.45) is 0 Å². The van der Waals surface area contributed by atoms with Gasteiger partial charge < -0.3 is 10.1 Å². The highest BCUT2D eigenvalue weighted by molar-refractivity contribution is 4.91. The Morgan fingerprint density at radius 1 is 1.35 bits per heavy atom. The van der Waals surface area contributed by atoms with Crippen molar-refractivity contribution in [3.05, 3.63) is 0 Å². The lowest BCUT2D eigenvalue weighted by atomic mass is 10.1. The summed E-state index contributed by atoms with van der Waals surface area (Å²) in [5.74, 6) is 0. The molecule has 0 radical (unpaired) electrons. The lowest BCUT2D eigenvalue weighted by Gasteiger charge is -2.37. The molecule has 3 atom stereocenters. The first-order valence-electron chi connectivity index (χ1n) is 7.22. The lowest BCUT2D eigenvalue weighted by molar-refractivity contribution is 0.0790. The maximum Gasteiger partial charge on any atom is 0.0589 e. The molecule has 1 fully saturated rings. The Balaban J connectivity index is 2.59. The molecular weight excluding hydrogens is 212 g/mol. The Labute approximate surface area is 107 Å². The van der Waals surface area contributed by atoms with E-state index in [9.17, 15) is 0 Å². The molecule has 1 aliphatic carbocycles. The maximum absolute atomic E-state index is 5.26. The second-order valence-corrected chi connectivity index (χ2v) is 5.15. The molecule has 0 saturated heterocycles. The van der Waals surface area contributed by atoms with Gasteiger partial charge in [0.1, 0.15) is 0 Å². The fourth-order valence-corrected chi connectivity index (χ4v) is 2.98. The van der Waals surface area contributed by atoms with E-state index in [4.69, 9.17) is 4.74 Å². The van der Waals surface area contributed by atoms with Crippen molar-refractivity contribution >= 4 is 0 Å². The number of nitrogens with one attached hydrogen (secondary N) is 1. The minimum Gasteiger partial charge on any atom is -0.383 e. The molecule has 102 valence electrons. The number of likely N-dealkylation sites (N-methyl/N-ethyl adjacent to an activating group) is 1. The van der Waals surface area contributed by atoms with Gasteiger partial charge in [-0.1, -0.05) is 20.3 Å². The molecule has 0 heterocycles. The Kier molecular flexibility index (Phi) is 7.09.